The molecular formula is C12H19BrF3N. The molecule has 0 heterocycles. The third-order valence-electron chi connectivity index (χ3n) is 4.26. The van der Waals surface area contributed by atoms with Crippen molar-refractivity contribution in [1.82, 2.24) is 4.90 Å². The van der Waals surface area contributed by atoms with Crippen LogP contribution < -0.4 is 0 Å². The molecule has 2 saturated carbocycles. The first kappa shape index (κ1) is 13.7. The molecule has 4 atom stereocenters. The van der Waals surface area contributed by atoms with Gasteiger partial charge in [0.15, 0.2) is 0 Å². The van der Waals surface area contributed by atoms with E-state index in [0.717, 1.165) is 18.4 Å². The Morgan fingerprint density at radius 3 is 2.47 bits per heavy atom. The van der Waals surface area contributed by atoms with Crippen LogP contribution in [0.2, 0.25) is 0 Å². The summed E-state index contributed by atoms with van der Waals surface area (Å²) >= 11 is 2.72. The summed E-state index contributed by atoms with van der Waals surface area (Å²) in [5, 5.41) is 0. The van der Waals surface area contributed by atoms with Gasteiger partial charge in [0.25, 0.3) is 0 Å². The maximum absolute atomic E-state index is 12.4. The van der Waals surface area contributed by atoms with Gasteiger partial charge in [0, 0.05) is 13.1 Å². The lowest BCUT2D eigenvalue weighted by Crippen LogP contribution is -2.38. The molecule has 17 heavy (non-hydrogen) atoms. The SMILES string of the molecule is CN(CC1CC2CCC1C2)CC(Br)C(F)(F)F. The van der Waals surface area contributed by atoms with Crippen molar-refractivity contribution in [3.63, 3.8) is 0 Å². The van der Waals surface area contributed by atoms with E-state index in [4.69, 9.17) is 0 Å². The molecular weight excluding hydrogens is 295 g/mol. The molecule has 0 aliphatic heterocycles. The maximum atomic E-state index is 12.4. The molecule has 0 radical (unpaired) electrons. The van der Waals surface area contributed by atoms with Gasteiger partial charge < -0.3 is 4.90 Å². The van der Waals surface area contributed by atoms with Crippen LogP contribution in [0.5, 0.6) is 0 Å². The number of hydrogen-bond donors (Lipinski definition) is 0. The molecule has 0 saturated heterocycles. The lowest BCUT2D eigenvalue weighted by molar-refractivity contribution is -0.130. The molecule has 0 amide bonds. The fourth-order valence-electron chi connectivity index (χ4n) is 3.45. The van der Waals surface area contributed by atoms with Crippen LogP contribution in [0.4, 0.5) is 13.2 Å². The summed E-state index contributed by atoms with van der Waals surface area (Å²) in [5.74, 6) is 2.27. The van der Waals surface area contributed by atoms with Crippen LogP contribution in [0.25, 0.3) is 0 Å². The van der Waals surface area contributed by atoms with E-state index in [2.05, 4.69) is 15.9 Å². The Morgan fingerprint density at radius 2 is 2.00 bits per heavy atom. The molecule has 0 aromatic carbocycles. The van der Waals surface area contributed by atoms with Gasteiger partial charge in [-0.3, -0.25) is 0 Å². The molecule has 2 rings (SSSR count). The molecule has 0 spiro atoms. The quantitative estimate of drug-likeness (QED) is 0.716. The normalized spacial score (nSPS) is 34.6. The minimum atomic E-state index is -4.14. The molecule has 0 N–H and O–H groups in total. The number of halogens is 4. The van der Waals surface area contributed by atoms with E-state index in [9.17, 15) is 13.2 Å². The van der Waals surface area contributed by atoms with Gasteiger partial charge in [-0.25, -0.2) is 0 Å². The van der Waals surface area contributed by atoms with Gasteiger partial charge in [-0.2, -0.15) is 13.2 Å². The smallest absolute Gasteiger partial charge is 0.305 e. The van der Waals surface area contributed by atoms with E-state index in [0.29, 0.717) is 5.92 Å². The highest BCUT2D eigenvalue weighted by atomic mass is 79.9. The van der Waals surface area contributed by atoms with Gasteiger partial charge in [0.2, 0.25) is 0 Å². The number of fused-ring (bicyclic) bond motifs is 2. The summed E-state index contributed by atoms with van der Waals surface area (Å²) < 4.78 is 37.2. The molecule has 1 nitrogen and oxygen atoms in total. The minimum absolute atomic E-state index is 0.0530. The summed E-state index contributed by atoms with van der Waals surface area (Å²) in [4.78, 5) is 0.428. The third kappa shape index (κ3) is 3.37. The Bertz CT molecular complexity index is 269. The summed E-state index contributed by atoms with van der Waals surface area (Å²) in [5.41, 5.74) is 0. The Labute approximate surface area is 109 Å². The van der Waals surface area contributed by atoms with Crippen LogP contribution in [0.15, 0.2) is 0 Å². The van der Waals surface area contributed by atoms with E-state index in [1.165, 1.54) is 25.7 Å². The zero-order valence-electron chi connectivity index (χ0n) is 10.0. The van der Waals surface area contributed by atoms with Gasteiger partial charge in [-0.1, -0.05) is 22.4 Å². The Balaban J connectivity index is 1.76. The molecule has 2 aliphatic rings. The van der Waals surface area contributed by atoms with E-state index in [-0.39, 0.29) is 6.54 Å². The Kier molecular flexibility index (Phi) is 4.08. The fraction of sp³-hybridized carbons (Fsp3) is 1.00. The van der Waals surface area contributed by atoms with Crippen LogP contribution in [-0.2, 0) is 0 Å². The maximum Gasteiger partial charge on any atom is 0.402 e. The number of alkyl halides is 4. The highest BCUT2D eigenvalue weighted by Crippen LogP contribution is 2.48. The number of nitrogens with zero attached hydrogens (tertiary/aromatic N) is 1. The van der Waals surface area contributed by atoms with Crippen molar-refractivity contribution in [1.29, 1.82) is 0 Å². The van der Waals surface area contributed by atoms with Gasteiger partial charge in [0.1, 0.15) is 4.83 Å². The number of rotatable bonds is 4. The summed E-state index contributed by atoms with van der Waals surface area (Å²) in [6.45, 7) is 0.872. The summed E-state index contributed by atoms with van der Waals surface area (Å²) in [7, 11) is 1.80. The first-order valence-corrected chi connectivity index (χ1v) is 7.17. The number of hydrogen-bond acceptors (Lipinski definition) is 1. The molecule has 2 fully saturated rings. The zero-order valence-corrected chi connectivity index (χ0v) is 11.6. The first-order chi connectivity index (χ1) is 7.86. The Morgan fingerprint density at radius 1 is 1.29 bits per heavy atom. The fourth-order valence-corrected chi connectivity index (χ4v) is 3.95. The Hall–Kier alpha value is 0.230. The third-order valence-corrected chi connectivity index (χ3v) is 5.07. The predicted molar refractivity (Wildman–Crippen MR) is 65.2 cm³/mol. The van der Waals surface area contributed by atoms with E-state index < -0.39 is 11.0 Å². The van der Waals surface area contributed by atoms with Gasteiger partial charge in [-0.15, -0.1) is 0 Å². The second kappa shape index (κ2) is 5.08. The molecule has 0 aromatic rings. The molecule has 2 aliphatic carbocycles. The highest BCUT2D eigenvalue weighted by molar-refractivity contribution is 9.09. The lowest BCUT2D eigenvalue weighted by atomic mass is 9.88. The van der Waals surface area contributed by atoms with Gasteiger partial charge in [-0.05, 0) is 44.1 Å². The van der Waals surface area contributed by atoms with Crippen molar-refractivity contribution in [2.75, 3.05) is 20.1 Å². The van der Waals surface area contributed by atoms with E-state index in [1.54, 1.807) is 7.05 Å². The van der Waals surface area contributed by atoms with Crippen LogP contribution in [-0.4, -0.2) is 36.0 Å². The van der Waals surface area contributed by atoms with Crippen LogP contribution >= 0.6 is 15.9 Å². The topological polar surface area (TPSA) is 3.24 Å². The average molecular weight is 314 g/mol. The van der Waals surface area contributed by atoms with E-state index >= 15 is 0 Å². The molecule has 100 valence electrons. The van der Waals surface area contributed by atoms with Crippen molar-refractivity contribution >= 4 is 15.9 Å². The van der Waals surface area contributed by atoms with Gasteiger partial charge in [0.05, 0.1) is 0 Å². The molecule has 4 unspecified atom stereocenters. The monoisotopic (exact) mass is 313 g/mol. The van der Waals surface area contributed by atoms with Crippen molar-refractivity contribution < 1.29 is 13.2 Å². The molecule has 5 heteroatoms. The zero-order chi connectivity index (χ0) is 12.6. The van der Waals surface area contributed by atoms with Gasteiger partial charge >= 0.3 is 6.18 Å². The highest BCUT2D eigenvalue weighted by Gasteiger charge is 2.41. The summed E-state index contributed by atoms with van der Waals surface area (Å²) in [6, 6.07) is 0. The van der Waals surface area contributed by atoms with Crippen LogP contribution in [0.1, 0.15) is 25.7 Å². The minimum Gasteiger partial charge on any atom is -0.305 e. The van der Waals surface area contributed by atoms with Crippen molar-refractivity contribution in [3.05, 3.63) is 0 Å². The predicted octanol–water partition coefficient (Wildman–Crippen LogP) is 3.68. The van der Waals surface area contributed by atoms with Crippen LogP contribution in [0.3, 0.4) is 0 Å². The molecule has 0 aromatic heterocycles. The second-order valence-corrected chi connectivity index (χ2v) is 6.77. The van der Waals surface area contributed by atoms with Crippen molar-refractivity contribution in [3.8, 4) is 0 Å². The van der Waals surface area contributed by atoms with Crippen molar-refractivity contribution in [2.45, 2.75) is 36.7 Å². The second-order valence-electron chi connectivity index (χ2n) is 5.67. The molecule has 2 bridgehead atoms. The van der Waals surface area contributed by atoms with Crippen molar-refractivity contribution in [2.24, 2.45) is 17.8 Å². The standard InChI is InChI=1S/C12H19BrF3N/c1-17(7-11(13)12(14,15)16)6-10-5-8-2-3-9(10)4-8/h8-11H,2-7H2,1H3. The van der Waals surface area contributed by atoms with Crippen LogP contribution in [0, 0.1) is 17.8 Å². The van der Waals surface area contributed by atoms with E-state index in [1.807, 2.05) is 4.90 Å². The average Bonchev–Trinajstić information content (AvgIpc) is 2.77. The largest absolute Gasteiger partial charge is 0.402 e. The first-order valence-electron chi connectivity index (χ1n) is 6.25. The summed E-state index contributed by atoms with van der Waals surface area (Å²) in [6.07, 6.45) is 1.04. The lowest BCUT2D eigenvalue weighted by Gasteiger charge is -2.28.